The number of anilines is 1. The van der Waals surface area contributed by atoms with Crippen LogP contribution in [0.1, 0.15) is 23.3 Å². The van der Waals surface area contributed by atoms with Crippen LogP contribution in [-0.4, -0.2) is 26.3 Å². The lowest BCUT2D eigenvalue weighted by molar-refractivity contribution is -0.117. The number of imidazole rings is 1. The molecule has 37 heavy (non-hydrogen) atoms. The van der Waals surface area contributed by atoms with E-state index >= 15 is 4.39 Å². The Labute approximate surface area is 206 Å². The van der Waals surface area contributed by atoms with Gasteiger partial charge >= 0.3 is 0 Å². The fourth-order valence-corrected chi connectivity index (χ4v) is 3.55. The van der Waals surface area contributed by atoms with Gasteiger partial charge in [0.05, 0.1) is 5.69 Å². The topological polar surface area (TPSA) is 112 Å². The van der Waals surface area contributed by atoms with Crippen LogP contribution in [0.4, 0.5) is 23.4 Å². The highest BCUT2D eigenvalue weighted by atomic mass is 19.2. The Morgan fingerprint density at radius 3 is 2.38 bits per heavy atom. The number of pyridine rings is 1. The SMILES string of the molecule is NC(=O)c1cn(-c2cc(F)c(F)c(F)c2)c(-c2ccc(Oc3ccnc(NC(=O)C4CC4)c3)c(F)c2)n1. The fourth-order valence-electron chi connectivity index (χ4n) is 3.55. The Morgan fingerprint density at radius 1 is 1.00 bits per heavy atom. The van der Waals surface area contributed by atoms with E-state index in [9.17, 15) is 22.8 Å². The maximum atomic E-state index is 15.0. The van der Waals surface area contributed by atoms with Crippen LogP contribution in [0, 0.1) is 29.2 Å². The zero-order chi connectivity index (χ0) is 26.3. The van der Waals surface area contributed by atoms with Gasteiger partial charge in [0.2, 0.25) is 5.91 Å². The number of nitrogens with zero attached hydrogens (tertiary/aromatic N) is 3. The van der Waals surface area contributed by atoms with E-state index in [0.717, 1.165) is 29.7 Å². The summed E-state index contributed by atoms with van der Waals surface area (Å²) < 4.78 is 62.8. The lowest BCUT2D eigenvalue weighted by Crippen LogP contribution is -2.14. The van der Waals surface area contributed by atoms with Crippen LogP contribution in [0.15, 0.2) is 54.9 Å². The summed E-state index contributed by atoms with van der Waals surface area (Å²) in [6.45, 7) is 0. The third-order valence-electron chi connectivity index (χ3n) is 5.55. The number of hydrogen-bond acceptors (Lipinski definition) is 5. The molecule has 2 heterocycles. The second-order valence-electron chi connectivity index (χ2n) is 8.29. The van der Waals surface area contributed by atoms with Gasteiger partial charge in [0.15, 0.2) is 29.0 Å². The van der Waals surface area contributed by atoms with Crippen molar-refractivity contribution in [2.45, 2.75) is 12.8 Å². The number of carbonyl (C=O) groups excluding carboxylic acids is 2. The Morgan fingerprint density at radius 2 is 1.73 bits per heavy atom. The summed E-state index contributed by atoms with van der Waals surface area (Å²) in [6.07, 6.45) is 4.14. The van der Waals surface area contributed by atoms with Gasteiger partial charge in [0.25, 0.3) is 5.91 Å². The molecule has 0 saturated heterocycles. The number of aromatic nitrogens is 3. The van der Waals surface area contributed by atoms with Gasteiger partial charge in [-0.15, -0.1) is 0 Å². The number of nitrogens with two attached hydrogens (primary N) is 1. The number of benzene rings is 2. The Kier molecular flexibility index (Phi) is 6.07. The average molecular weight is 511 g/mol. The van der Waals surface area contributed by atoms with Crippen LogP contribution in [0.3, 0.4) is 0 Å². The Bertz CT molecular complexity index is 1530. The van der Waals surface area contributed by atoms with Crippen LogP contribution in [0.2, 0.25) is 0 Å². The minimum absolute atomic E-state index is 0.0260. The smallest absolute Gasteiger partial charge is 0.268 e. The van der Waals surface area contributed by atoms with Crippen LogP contribution in [0.5, 0.6) is 11.5 Å². The molecule has 3 N–H and O–H groups in total. The van der Waals surface area contributed by atoms with Crippen molar-refractivity contribution in [1.82, 2.24) is 14.5 Å². The highest BCUT2D eigenvalue weighted by Gasteiger charge is 2.29. The van der Waals surface area contributed by atoms with Gasteiger partial charge < -0.3 is 15.8 Å². The molecule has 8 nitrogen and oxygen atoms in total. The first-order valence-electron chi connectivity index (χ1n) is 11.0. The van der Waals surface area contributed by atoms with Crippen LogP contribution in [0.25, 0.3) is 17.1 Å². The third kappa shape index (κ3) is 4.99. The van der Waals surface area contributed by atoms with Crippen LogP contribution < -0.4 is 15.8 Å². The molecule has 2 aromatic heterocycles. The monoisotopic (exact) mass is 511 g/mol. The van der Waals surface area contributed by atoms with Gasteiger partial charge in [0, 0.05) is 42.1 Å². The van der Waals surface area contributed by atoms with Crippen molar-refractivity contribution in [3.63, 3.8) is 0 Å². The Hall–Kier alpha value is -4.74. The van der Waals surface area contributed by atoms with E-state index in [1.54, 1.807) is 0 Å². The molecule has 0 radical (unpaired) electrons. The van der Waals surface area contributed by atoms with Crippen molar-refractivity contribution in [3.8, 4) is 28.6 Å². The van der Waals surface area contributed by atoms with E-state index < -0.39 is 29.2 Å². The molecule has 1 fully saturated rings. The number of halogens is 4. The van der Waals surface area contributed by atoms with Gasteiger partial charge in [-0.05, 0) is 37.1 Å². The molecule has 5 rings (SSSR count). The lowest BCUT2D eigenvalue weighted by atomic mass is 10.2. The fraction of sp³-hybridized carbons (Fsp3) is 0.120. The second-order valence-corrected chi connectivity index (χ2v) is 8.29. The lowest BCUT2D eigenvalue weighted by Gasteiger charge is -2.11. The minimum Gasteiger partial charge on any atom is -0.454 e. The number of carbonyl (C=O) groups is 2. The van der Waals surface area contributed by atoms with Crippen molar-refractivity contribution in [2.75, 3.05) is 5.32 Å². The number of primary amides is 1. The zero-order valence-electron chi connectivity index (χ0n) is 18.8. The van der Waals surface area contributed by atoms with Crippen molar-refractivity contribution in [1.29, 1.82) is 0 Å². The molecule has 0 bridgehead atoms. The van der Waals surface area contributed by atoms with Gasteiger partial charge in [-0.3, -0.25) is 14.2 Å². The van der Waals surface area contributed by atoms with E-state index in [2.05, 4.69) is 15.3 Å². The molecular weight excluding hydrogens is 494 g/mol. The predicted molar refractivity (Wildman–Crippen MR) is 123 cm³/mol. The van der Waals surface area contributed by atoms with Crippen LogP contribution >= 0.6 is 0 Å². The first-order chi connectivity index (χ1) is 17.7. The van der Waals surface area contributed by atoms with Gasteiger partial charge in [-0.2, -0.15) is 0 Å². The molecule has 2 amide bonds. The molecule has 0 aliphatic heterocycles. The summed E-state index contributed by atoms with van der Waals surface area (Å²) in [6, 6.07) is 8.03. The molecule has 12 heteroatoms. The molecule has 0 unspecified atom stereocenters. The Balaban J connectivity index is 1.45. The van der Waals surface area contributed by atoms with Crippen molar-refractivity contribution < 1.29 is 31.9 Å². The zero-order valence-corrected chi connectivity index (χ0v) is 18.8. The first kappa shape index (κ1) is 24.0. The van der Waals surface area contributed by atoms with Crippen molar-refractivity contribution in [2.24, 2.45) is 11.7 Å². The van der Waals surface area contributed by atoms with E-state index in [1.807, 2.05) is 0 Å². The highest BCUT2D eigenvalue weighted by molar-refractivity contribution is 5.93. The molecule has 0 atom stereocenters. The van der Waals surface area contributed by atoms with E-state index in [-0.39, 0.29) is 51.9 Å². The summed E-state index contributed by atoms with van der Waals surface area (Å²) in [7, 11) is 0. The summed E-state index contributed by atoms with van der Waals surface area (Å²) in [5, 5.41) is 2.67. The first-order valence-corrected chi connectivity index (χ1v) is 11.0. The number of rotatable bonds is 7. The van der Waals surface area contributed by atoms with Gasteiger partial charge in [0.1, 0.15) is 23.1 Å². The second kappa shape index (κ2) is 9.37. The normalized spacial score (nSPS) is 12.9. The number of amides is 2. The number of ether oxygens (including phenoxy) is 1. The molecule has 188 valence electrons. The quantitative estimate of drug-likeness (QED) is 0.275. The van der Waals surface area contributed by atoms with E-state index in [4.69, 9.17) is 10.5 Å². The summed E-state index contributed by atoms with van der Waals surface area (Å²) in [5.41, 5.74) is 4.93. The molecule has 4 aromatic rings. The maximum Gasteiger partial charge on any atom is 0.268 e. The maximum absolute atomic E-state index is 15.0. The molecule has 1 saturated carbocycles. The largest absolute Gasteiger partial charge is 0.454 e. The van der Waals surface area contributed by atoms with Crippen molar-refractivity contribution in [3.05, 3.63) is 83.8 Å². The van der Waals surface area contributed by atoms with Crippen molar-refractivity contribution >= 4 is 17.6 Å². The summed E-state index contributed by atoms with van der Waals surface area (Å²) in [4.78, 5) is 31.7. The standard InChI is InChI=1S/C25H17F4N5O3/c26-16-7-13(3-4-20(16)37-15-5-6-31-21(10-15)33-25(36)12-1-2-12)24-32-19(23(30)35)11-34(24)14-8-17(27)22(29)18(28)9-14/h3-12H,1-2H2,(H2,30,35)(H,31,33,36). The van der Waals surface area contributed by atoms with E-state index in [0.29, 0.717) is 12.1 Å². The van der Waals surface area contributed by atoms with Gasteiger partial charge in [-0.25, -0.2) is 27.5 Å². The summed E-state index contributed by atoms with van der Waals surface area (Å²) >= 11 is 0. The third-order valence-corrected chi connectivity index (χ3v) is 5.55. The van der Waals surface area contributed by atoms with Gasteiger partial charge in [-0.1, -0.05) is 0 Å². The minimum atomic E-state index is -1.67. The molecule has 1 aliphatic rings. The summed E-state index contributed by atoms with van der Waals surface area (Å²) in [5.74, 6) is -6.33. The molecule has 1 aliphatic carbocycles. The highest BCUT2D eigenvalue weighted by Crippen LogP contribution is 2.32. The molecule has 2 aromatic carbocycles. The molecule has 0 spiro atoms. The predicted octanol–water partition coefficient (Wildman–Crippen LogP) is 4.73. The van der Waals surface area contributed by atoms with Crippen LogP contribution in [-0.2, 0) is 4.79 Å². The number of nitrogens with one attached hydrogen (secondary N) is 1. The molecular formula is C25H17F4N5O3. The van der Waals surface area contributed by atoms with E-state index in [1.165, 1.54) is 30.5 Å². The number of hydrogen-bond donors (Lipinski definition) is 2. The average Bonchev–Trinajstić information content (AvgIpc) is 3.62.